The number of hydrogen-bond donors (Lipinski definition) is 4. The predicted octanol–water partition coefficient (Wildman–Crippen LogP) is -0.626. The molecule has 8 heteroatoms. The summed E-state index contributed by atoms with van der Waals surface area (Å²) in [5, 5.41) is 20.5. The summed E-state index contributed by atoms with van der Waals surface area (Å²) in [6.45, 7) is 0.684. The Morgan fingerprint density at radius 2 is 2.00 bits per heavy atom. The quantitative estimate of drug-likeness (QED) is 0.578. The van der Waals surface area contributed by atoms with Crippen molar-refractivity contribution in [1.82, 2.24) is 4.72 Å². The smallest absolute Gasteiger partial charge is 0.240 e. The van der Waals surface area contributed by atoms with Crippen molar-refractivity contribution in [3.63, 3.8) is 0 Å². The largest absolute Gasteiger partial charge is 0.395 e. The van der Waals surface area contributed by atoms with Gasteiger partial charge in [0.25, 0.3) is 0 Å². The van der Waals surface area contributed by atoms with Gasteiger partial charge in [0.1, 0.15) is 0 Å². The van der Waals surface area contributed by atoms with Gasteiger partial charge in [-0.1, -0.05) is 0 Å². The highest BCUT2D eigenvalue weighted by molar-refractivity contribution is 7.89. The highest BCUT2D eigenvalue weighted by atomic mass is 32.2. The van der Waals surface area contributed by atoms with E-state index in [-0.39, 0.29) is 10.8 Å². The maximum absolute atomic E-state index is 12.1. The van der Waals surface area contributed by atoms with Crippen molar-refractivity contribution < 1.29 is 23.4 Å². The normalized spacial score (nSPS) is 18.2. The molecule has 0 fully saturated rings. The van der Waals surface area contributed by atoms with E-state index in [4.69, 9.17) is 10.2 Å². The van der Waals surface area contributed by atoms with Gasteiger partial charge < -0.3 is 15.5 Å². The molecule has 4 N–H and O–H groups in total. The molecule has 1 aliphatic heterocycles. The number of rotatable bonds is 5. The number of anilines is 1. The van der Waals surface area contributed by atoms with Crippen LogP contribution in [-0.4, -0.2) is 43.8 Å². The number of amides is 1. The van der Waals surface area contributed by atoms with Crippen LogP contribution < -0.4 is 10.0 Å². The number of carbonyl (C=O) groups excluding carboxylic acids is 1. The molecule has 0 radical (unpaired) electrons. The lowest BCUT2D eigenvalue weighted by Crippen LogP contribution is -2.40. The minimum absolute atomic E-state index is 0.00787. The maximum atomic E-state index is 12.1. The standard InChI is InChI=1S/C12H16N2O5S/c1-7-10-4-9(2-3-11(10)13-12(7)17)20(18,19)14-8(5-15)6-16/h2-4,7-8,14-16H,5-6H2,1H3,(H,13,17). The summed E-state index contributed by atoms with van der Waals surface area (Å²) in [4.78, 5) is 11.5. The number of benzene rings is 1. The molecule has 1 atom stereocenters. The first-order valence-corrected chi connectivity index (χ1v) is 7.56. The summed E-state index contributed by atoms with van der Waals surface area (Å²) in [5.41, 5.74) is 1.21. The minimum atomic E-state index is -3.86. The van der Waals surface area contributed by atoms with Crippen LogP contribution in [0.15, 0.2) is 23.1 Å². The number of aliphatic hydroxyl groups excluding tert-OH is 2. The van der Waals surface area contributed by atoms with Crippen LogP contribution in [0.25, 0.3) is 0 Å². The molecule has 1 unspecified atom stereocenters. The molecule has 0 spiro atoms. The Labute approximate surface area is 116 Å². The first-order chi connectivity index (χ1) is 9.39. The van der Waals surface area contributed by atoms with Crippen molar-refractivity contribution in [3.8, 4) is 0 Å². The average Bonchev–Trinajstić information content (AvgIpc) is 2.71. The molecular formula is C12H16N2O5S. The molecule has 1 aliphatic rings. The van der Waals surface area contributed by atoms with Crippen LogP contribution in [0.5, 0.6) is 0 Å². The second-order valence-electron chi connectivity index (χ2n) is 4.64. The molecule has 0 aliphatic carbocycles. The molecule has 1 aromatic carbocycles. The van der Waals surface area contributed by atoms with Crippen LogP contribution in [0.1, 0.15) is 18.4 Å². The van der Waals surface area contributed by atoms with Crippen LogP contribution >= 0.6 is 0 Å². The Balaban J connectivity index is 2.33. The highest BCUT2D eigenvalue weighted by Gasteiger charge is 2.28. The van der Waals surface area contributed by atoms with E-state index in [2.05, 4.69) is 10.0 Å². The fourth-order valence-electron chi connectivity index (χ4n) is 1.98. The van der Waals surface area contributed by atoms with E-state index in [0.717, 1.165) is 0 Å². The molecule has 0 saturated carbocycles. The van der Waals surface area contributed by atoms with Gasteiger partial charge in [0.05, 0.1) is 30.1 Å². The summed E-state index contributed by atoms with van der Waals surface area (Å²) >= 11 is 0. The molecule has 0 aromatic heterocycles. The molecule has 1 heterocycles. The van der Waals surface area contributed by atoms with Crippen LogP contribution in [0.4, 0.5) is 5.69 Å². The van der Waals surface area contributed by atoms with Crippen molar-refractivity contribution in [2.45, 2.75) is 23.8 Å². The molecule has 2 rings (SSSR count). The third-order valence-electron chi connectivity index (χ3n) is 3.21. The summed E-state index contributed by atoms with van der Waals surface area (Å²) in [7, 11) is -3.86. The average molecular weight is 300 g/mol. The lowest BCUT2D eigenvalue weighted by molar-refractivity contribution is -0.116. The lowest BCUT2D eigenvalue weighted by atomic mass is 10.0. The second-order valence-corrected chi connectivity index (χ2v) is 6.36. The third-order valence-corrected chi connectivity index (χ3v) is 4.73. The van der Waals surface area contributed by atoms with Crippen LogP contribution in [0.3, 0.4) is 0 Å². The minimum Gasteiger partial charge on any atom is -0.395 e. The number of aliphatic hydroxyl groups is 2. The Bertz CT molecular complexity index is 625. The Kier molecular flexibility index (Phi) is 4.09. The first-order valence-electron chi connectivity index (χ1n) is 6.08. The summed E-state index contributed by atoms with van der Waals surface area (Å²) in [6.07, 6.45) is 0. The van der Waals surface area contributed by atoms with Gasteiger partial charge in [0.15, 0.2) is 0 Å². The Hall–Kier alpha value is -1.48. The van der Waals surface area contributed by atoms with E-state index in [1.807, 2.05) is 0 Å². The third kappa shape index (κ3) is 2.68. The number of hydrogen-bond acceptors (Lipinski definition) is 5. The van der Waals surface area contributed by atoms with Gasteiger partial charge in [0.2, 0.25) is 15.9 Å². The zero-order valence-electron chi connectivity index (χ0n) is 10.8. The maximum Gasteiger partial charge on any atom is 0.240 e. The molecular weight excluding hydrogens is 284 g/mol. The summed E-state index contributed by atoms with van der Waals surface area (Å²) in [6, 6.07) is 3.36. The van der Waals surface area contributed by atoms with Gasteiger partial charge in [0, 0.05) is 5.69 Å². The number of carbonyl (C=O) groups is 1. The topological polar surface area (TPSA) is 116 Å². The van der Waals surface area contributed by atoms with E-state index in [1.54, 1.807) is 6.92 Å². The van der Waals surface area contributed by atoms with Gasteiger partial charge in [-0.25, -0.2) is 13.1 Å². The van der Waals surface area contributed by atoms with Crippen molar-refractivity contribution in [3.05, 3.63) is 23.8 Å². The molecule has 7 nitrogen and oxygen atoms in total. The second kappa shape index (κ2) is 5.49. The number of sulfonamides is 1. The van der Waals surface area contributed by atoms with Gasteiger partial charge in [-0.2, -0.15) is 0 Å². The molecule has 110 valence electrons. The monoisotopic (exact) mass is 300 g/mol. The van der Waals surface area contributed by atoms with E-state index < -0.39 is 35.2 Å². The van der Waals surface area contributed by atoms with Crippen LogP contribution in [0.2, 0.25) is 0 Å². The summed E-state index contributed by atoms with van der Waals surface area (Å²) in [5.74, 6) is -0.585. The lowest BCUT2D eigenvalue weighted by Gasteiger charge is -2.14. The van der Waals surface area contributed by atoms with Gasteiger partial charge in [-0.05, 0) is 30.7 Å². The van der Waals surface area contributed by atoms with Crippen LogP contribution in [-0.2, 0) is 14.8 Å². The zero-order valence-corrected chi connectivity index (χ0v) is 11.6. The number of nitrogens with one attached hydrogen (secondary N) is 2. The predicted molar refractivity (Wildman–Crippen MR) is 71.8 cm³/mol. The first kappa shape index (κ1) is 14.9. The molecule has 1 aromatic rings. The van der Waals surface area contributed by atoms with Gasteiger partial charge in [-0.15, -0.1) is 0 Å². The van der Waals surface area contributed by atoms with E-state index >= 15 is 0 Å². The fourth-order valence-corrected chi connectivity index (χ4v) is 3.24. The van der Waals surface area contributed by atoms with Crippen molar-refractivity contribution in [1.29, 1.82) is 0 Å². The van der Waals surface area contributed by atoms with Crippen molar-refractivity contribution in [2.24, 2.45) is 0 Å². The SMILES string of the molecule is CC1C(=O)Nc2ccc(S(=O)(=O)NC(CO)CO)cc21. The molecule has 0 bridgehead atoms. The zero-order chi connectivity index (χ0) is 14.9. The Morgan fingerprint density at radius 3 is 2.60 bits per heavy atom. The van der Waals surface area contributed by atoms with E-state index in [1.165, 1.54) is 18.2 Å². The molecule has 0 saturated heterocycles. The van der Waals surface area contributed by atoms with E-state index in [0.29, 0.717) is 11.3 Å². The van der Waals surface area contributed by atoms with Gasteiger partial charge >= 0.3 is 0 Å². The van der Waals surface area contributed by atoms with Gasteiger partial charge in [-0.3, -0.25) is 4.79 Å². The van der Waals surface area contributed by atoms with Crippen molar-refractivity contribution >= 4 is 21.6 Å². The molecule has 1 amide bonds. The fraction of sp³-hybridized carbons (Fsp3) is 0.417. The van der Waals surface area contributed by atoms with E-state index in [9.17, 15) is 13.2 Å². The highest BCUT2D eigenvalue weighted by Crippen LogP contribution is 2.33. The number of fused-ring (bicyclic) bond motifs is 1. The van der Waals surface area contributed by atoms with Crippen molar-refractivity contribution in [2.75, 3.05) is 18.5 Å². The Morgan fingerprint density at radius 1 is 1.35 bits per heavy atom. The molecule has 20 heavy (non-hydrogen) atoms. The summed E-state index contributed by atoms with van der Waals surface area (Å²) < 4.78 is 26.4. The van der Waals surface area contributed by atoms with Crippen LogP contribution in [0, 0.1) is 0 Å².